The normalized spacial score (nSPS) is 11.0. The Morgan fingerprint density at radius 2 is 1.11 bits per heavy atom. The van der Waals surface area contributed by atoms with Gasteiger partial charge in [0.2, 0.25) is 0 Å². The van der Waals surface area contributed by atoms with Crippen LogP contribution in [0, 0.1) is 19.7 Å². The predicted molar refractivity (Wildman–Crippen MR) is 300 cm³/mol. The van der Waals surface area contributed by atoms with Crippen LogP contribution in [0.5, 0.6) is 11.5 Å². The number of aliphatic hydroxyl groups is 1. The van der Waals surface area contributed by atoms with Gasteiger partial charge >= 0.3 is 5.97 Å². The van der Waals surface area contributed by atoms with Gasteiger partial charge in [-0.2, -0.15) is 0 Å². The number of benzene rings is 2. The maximum atomic E-state index is 13.9. The number of amides is 2. The second-order valence-corrected chi connectivity index (χ2v) is 21.8. The number of fused-ring (bicyclic) bond motifs is 3. The van der Waals surface area contributed by atoms with E-state index in [1.54, 1.807) is 105 Å². The quantitative estimate of drug-likeness (QED) is 0.0954. The number of nitrogens with one attached hydrogen (secondary N) is 2. The molecule has 6 heterocycles. The first-order valence-electron chi connectivity index (χ1n) is 22.9. The van der Waals surface area contributed by atoms with Crippen LogP contribution in [0.3, 0.4) is 0 Å². The first kappa shape index (κ1) is 58.1. The van der Waals surface area contributed by atoms with Crippen molar-refractivity contribution < 1.29 is 33.4 Å². The molecule has 0 spiro atoms. The molecule has 2 aromatic carbocycles. The Hall–Kier alpha value is -5.81. The third-order valence-corrected chi connectivity index (χ3v) is 15.3. The van der Waals surface area contributed by atoms with Crippen molar-refractivity contribution in [2.75, 3.05) is 26.2 Å². The zero-order valence-corrected chi connectivity index (χ0v) is 47.8. The first-order valence-corrected chi connectivity index (χ1v) is 26.9. The second kappa shape index (κ2) is 24.9. The van der Waals surface area contributed by atoms with E-state index < -0.39 is 5.60 Å². The molecule has 0 aliphatic heterocycles. The highest BCUT2D eigenvalue weighted by molar-refractivity contribution is 9.11. The highest BCUT2D eigenvalue weighted by Gasteiger charge is 2.24. The summed E-state index contributed by atoms with van der Waals surface area (Å²) in [7, 11) is 5.03. The molecule has 8 rings (SSSR count). The summed E-state index contributed by atoms with van der Waals surface area (Å²) < 4.78 is 32.9. The van der Waals surface area contributed by atoms with E-state index in [0.29, 0.717) is 93.1 Å². The molecule has 5 N–H and O–H groups in total. The van der Waals surface area contributed by atoms with Gasteiger partial charge in [0.1, 0.15) is 36.3 Å². The summed E-state index contributed by atoms with van der Waals surface area (Å²) in [6.07, 6.45) is 5.10. The summed E-state index contributed by atoms with van der Waals surface area (Å²) >= 11 is 10.3. The van der Waals surface area contributed by atoms with Gasteiger partial charge in [-0.25, -0.2) is 9.18 Å². The van der Waals surface area contributed by atoms with Crippen LogP contribution in [0.1, 0.15) is 87.2 Å². The minimum absolute atomic E-state index is 0.0799. The molecule has 0 radical (unpaired) electrons. The van der Waals surface area contributed by atoms with E-state index >= 15 is 0 Å². The molecule has 73 heavy (non-hydrogen) atoms. The lowest BCUT2D eigenvalue weighted by atomic mass is 9.93. The number of nitrogens with zero attached hydrogens (tertiary/aromatic N) is 3. The minimum atomic E-state index is -1.13. The monoisotopic (exact) mass is 1180 g/mol. The molecule has 0 aliphatic carbocycles. The molecule has 388 valence electrons. The number of halogens is 3. The van der Waals surface area contributed by atoms with Crippen molar-refractivity contribution in [2.45, 2.75) is 61.0 Å². The van der Waals surface area contributed by atoms with Gasteiger partial charge in [-0.05, 0) is 146 Å². The summed E-state index contributed by atoms with van der Waals surface area (Å²) in [5.74, 6) is -0.100. The molecule has 0 unspecified atom stereocenters. The smallest absolute Gasteiger partial charge is 0.348 e. The molecule has 0 saturated carbocycles. The van der Waals surface area contributed by atoms with Crippen LogP contribution in [0.2, 0.25) is 0 Å². The van der Waals surface area contributed by atoms with Crippen LogP contribution < -0.4 is 37.8 Å². The number of esters is 1. The Labute approximate surface area is 449 Å². The fraction of sp³-hybridized carbons (Fsp3) is 0.308. The van der Waals surface area contributed by atoms with E-state index in [0.717, 1.165) is 48.9 Å². The van der Waals surface area contributed by atoms with Crippen LogP contribution in [-0.2, 0) is 31.5 Å². The van der Waals surface area contributed by atoms with Crippen LogP contribution in [-0.4, -0.2) is 62.8 Å². The Bertz CT molecular complexity index is 3410. The number of aromatic nitrogens is 3. The molecule has 0 aliphatic rings. The van der Waals surface area contributed by atoms with Gasteiger partial charge in [0.05, 0.1) is 22.0 Å². The number of aryl methyl sites for hydroxylation is 5. The topological polar surface area (TPSA) is 206 Å². The zero-order chi connectivity index (χ0) is 54.2. The molecule has 0 bridgehead atoms. The highest BCUT2D eigenvalue weighted by atomic mass is 79.9. The van der Waals surface area contributed by atoms with Crippen molar-refractivity contribution in [1.29, 1.82) is 0 Å². The lowest BCUT2D eigenvalue weighted by Gasteiger charge is -2.22. The molecule has 21 heteroatoms. The molecule has 0 atom stereocenters. The number of rotatable bonds is 10. The molecular formula is C52H57Br2FN6O9S3. The van der Waals surface area contributed by atoms with Crippen LogP contribution in [0.4, 0.5) is 4.39 Å². The number of hydrogen-bond donors (Lipinski definition) is 4. The molecule has 0 fully saturated rings. The van der Waals surface area contributed by atoms with Crippen LogP contribution in [0.15, 0.2) is 90.5 Å². The number of carbonyl (C=O) groups excluding carboxylic acids is 3. The lowest BCUT2D eigenvalue weighted by molar-refractivity contribution is 0.0531. The second-order valence-electron chi connectivity index (χ2n) is 16.9. The summed E-state index contributed by atoms with van der Waals surface area (Å²) in [5, 5.41) is 18.4. The summed E-state index contributed by atoms with van der Waals surface area (Å²) in [6.45, 7) is 16.4. The van der Waals surface area contributed by atoms with Crippen molar-refractivity contribution in [3.63, 3.8) is 0 Å². The van der Waals surface area contributed by atoms with Crippen molar-refractivity contribution in [1.82, 2.24) is 24.3 Å². The first-order chi connectivity index (χ1) is 34.4. The van der Waals surface area contributed by atoms with E-state index in [4.69, 9.17) is 15.2 Å². The van der Waals surface area contributed by atoms with E-state index in [1.165, 1.54) is 37.2 Å². The Kier molecular flexibility index (Phi) is 19.8. The minimum Gasteiger partial charge on any atom is -0.462 e. The van der Waals surface area contributed by atoms with Crippen molar-refractivity contribution in [3.05, 3.63) is 144 Å². The average Bonchev–Trinajstić information content (AvgIpc) is 4.10. The summed E-state index contributed by atoms with van der Waals surface area (Å²) in [4.78, 5) is 74.0. The SMILES string of the molecule is CCN.CCNC(=O)c1cc2c(-c3cc(C(C)(C)O)ccc3Oc3c(C)cc(F)cc3C)cn(C)c(=O)c2s1.CCNC(=O)c1cc2c(Br)cn(C)c(=O)c2s1.CCOC(=O)c1cc2c(Br)cn(C)c(=O)c2s1. The molecule has 15 nitrogen and oxygen atoms in total. The lowest BCUT2D eigenvalue weighted by Crippen LogP contribution is -2.21. The largest absolute Gasteiger partial charge is 0.462 e. The number of ether oxygens (including phenoxy) is 2. The molecule has 0 saturated heterocycles. The average molecular weight is 1190 g/mol. The Balaban J connectivity index is 0.000000221. The molecule has 6 aromatic heterocycles. The number of hydrogen-bond acceptors (Lipinski definition) is 13. The zero-order valence-electron chi connectivity index (χ0n) is 42.2. The van der Waals surface area contributed by atoms with E-state index in [-0.39, 0.29) is 40.3 Å². The highest BCUT2D eigenvalue weighted by Crippen LogP contribution is 2.42. The molecular weight excluding hydrogens is 1130 g/mol. The fourth-order valence-electron chi connectivity index (χ4n) is 7.22. The predicted octanol–water partition coefficient (Wildman–Crippen LogP) is 10.4. The molecule has 8 aromatic rings. The van der Waals surface area contributed by atoms with Crippen LogP contribution in [0.25, 0.3) is 41.4 Å². The number of pyridine rings is 3. The maximum Gasteiger partial charge on any atom is 0.348 e. The maximum absolute atomic E-state index is 13.9. The van der Waals surface area contributed by atoms with E-state index in [2.05, 4.69) is 42.5 Å². The van der Waals surface area contributed by atoms with Gasteiger partial charge < -0.3 is 44.6 Å². The van der Waals surface area contributed by atoms with Gasteiger partial charge in [0, 0.05) is 89.1 Å². The van der Waals surface area contributed by atoms with Crippen LogP contribution >= 0.6 is 65.9 Å². The number of thiophene rings is 3. The van der Waals surface area contributed by atoms with E-state index in [1.807, 2.05) is 26.8 Å². The van der Waals surface area contributed by atoms with Crippen molar-refractivity contribution in [3.8, 4) is 22.6 Å². The Morgan fingerprint density at radius 3 is 1.56 bits per heavy atom. The molecule has 2 amide bonds. The number of nitrogens with two attached hydrogens (primary N) is 1. The summed E-state index contributed by atoms with van der Waals surface area (Å²) in [5.41, 5.74) is 6.58. The fourth-order valence-corrected chi connectivity index (χ4v) is 11.9. The standard InChI is InChI=1S/C28H29FN2O4S.C11H11BrN2O2S.C11H10BrNO3S.C2H7N/c1-7-30-26(32)23-13-20-21(14-31(6)27(33)25(20)36-23)19-12-17(28(4,5)34)8-9-22(19)35-24-15(2)10-18(29)11-16(24)3;1-3-13-10(15)8-4-6-7(12)5-14(2)11(16)9(6)17-8;1-3-16-11(15)8-4-6-7(12)5-13(2)10(14)9(6)17-8;1-2-3/h8-14,34H,7H2,1-6H3,(H,30,32);4-5H,3H2,1-2H3,(H,13,15);4-5H,3H2,1-2H3;2-3H2,1H3. The van der Waals surface area contributed by atoms with E-state index in [9.17, 15) is 38.3 Å². The van der Waals surface area contributed by atoms with Gasteiger partial charge in [-0.3, -0.25) is 24.0 Å². The number of carbonyl (C=O) groups is 3. The Morgan fingerprint density at radius 1 is 0.685 bits per heavy atom. The third-order valence-electron chi connectivity index (χ3n) is 10.7. The van der Waals surface area contributed by atoms with Gasteiger partial charge in [-0.15, -0.1) is 34.0 Å². The third kappa shape index (κ3) is 13.5. The van der Waals surface area contributed by atoms with Gasteiger partial charge in [-0.1, -0.05) is 13.0 Å². The van der Waals surface area contributed by atoms with Gasteiger partial charge in [0.15, 0.2) is 0 Å². The van der Waals surface area contributed by atoms with Crippen molar-refractivity contribution in [2.24, 2.45) is 26.9 Å². The van der Waals surface area contributed by atoms with Gasteiger partial charge in [0.25, 0.3) is 28.5 Å². The summed E-state index contributed by atoms with van der Waals surface area (Å²) in [6, 6.07) is 13.3. The van der Waals surface area contributed by atoms with Crippen molar-refractivity contribution >= 4 is 114 Å².